The fraction of sp³-hybridized carbons (Fsp3) is 0.429. The molecule has 1 aliphatic heterocycles. The largest absolute Gasteiger partial charge is 0.416 e. The molecule has 31 heavy (non-hydrogen) atoms. The second-order valence-electron chi connectivity index (χ2n) is 7.07. The Bertz CT molecular complexity index is 939. The quantitative estimate of drug-likeness (QED) is 0.517. The summed E-state index contributed by atoms with van der Waals surface area (Å²) in [5.74, 6) is 0.257. The first kappa shape index (κ1) is 23.3. The number of aromatic nitrogens is 1. The number of aryl methyl sites for hydroxylation is 1. The highest BCUT2D eigenvalue weighted by Crippen LogP contribution is 2.31. The minimum Gasteiger partial charge on any atom is -0.365 e. The number of carbonyl (C=O) groups excluding carboxylic acids is 1. The topological polar surface area (TPSA) is 54.5 Å². The number of pyridine rings is 1. The third kappa shape index (κ3) is 5.88. The highest BCUT2D eigenvalue weighted by atomic mass is 32.2. The second kappa shape index (κ2) is 9.86. The van der Waals surface area contributed by atoms with Crippen molar-refractivity contribution in [2.24, 2.45) is 0 Å². The molecular formula is C21H23F4N3O2S. The summed E-state index contributed by atoms with van der Waals surface area (Å²) < 4.78 is 57.4. The summed E-state index contributed by atoms with van der Waals surface area (Å²) in [4.78, 5) is 18.9. The fourth-order valence-electron chi connectivity index (χ4n) is 3.28. The van der Waals surface area contributed by atoms with Gasteiger partial charge in [-0.15, -0.1) is 11.8 Å². The Morgan fingerprint density at radius 2 is 2.13 bits per heavy atom. The minimum absolute atomic E-state index is 0.0585. The molecule has 1 aromatic carbocycles. The average Bonchev–Trinajstić information content (AvgIpc) is 2.71. The normalized spacial score (nSPS) is 17.0. The number of thioether (sulfide) groups is 1. The lowest BCUT2D eigenvalue weighted by Gasteiger charge is -2.35. The van der Waals surface area contributed by atoms with Crippen molar-refractivity contribution in [1.82, 2.24) is 10.3 Å². The van der Waals surface area contributed by atoms with Gasteiger partial charge < -0.3 is 15.0 Å². The zero-order valence-electron chi connectivity index (χ0n) is 17.1. The van der Waals surface area contributed by atoms with E-state index in [0.717, 1.165) is 0 Å². The number of anilines is 1. The van der Waals surface area contributed by atoms with Crippen molar-refractivity contribution in [3.8, 4) is 0 Å². The number of morpholine rings is 1. The number of benzene rings is 1. The third-order valence-electron chi connectivity index (χ3n) is 4.78. The molecule has 0 bridgehead atoms. The summed E-state index contributed by atoms with van der Waals surface area (Å²) in [6.07, 6.45) is -6.33. The molecule has 0 radical (unpaired) electrons. The van der Waals surface area contributed by atoms with E-state index in [1.54, 1.807) is 25.1 Å². The molecule has 1 unspecified atom stereocenters. The summed E-state index contributed by atoms with van der Waals surface area (Å²) in [5.41, 5.74) is 1.59. The van der Waals surface area contributed by atoms with Crippen molar-refractivity contribution in [2.75, 3.05) is 30.3 Å². The van der Waals surface area contributed by atoms with Gasteiger partial charge in [0.15, 0.2) is 6.10 Å². The van der Waals surface area contributed by atoms with E-state index in [9.17, 15) is 22.4 Å². The lowest BCUT2D eigenvalue weighted by Crippen LogP contribution is -2.49. The zero-order chi connectivity index (χ0) is 22.6. The highest BCUT2D eigenvalue weighted by molar-refractivity contribution is 7.99. The fourth-order valence-corrected chi connectivity index (χ4v) is 4.11. The Balaban J connectivity index is 1.82. The van der Waals surface area contributed by atoms with Crippen LogP contribution in [0.25, 0.3) is 0 Å². The van der Waals surface area contributed by atoms with Gasteiger partial charge in [0.25, 0.3) is 5.91 Å². The minimum atomic E-state index is -4.45. The first-order valence-electron chi connectivity index (χ1n) is 9.79. The molecular weight excluding hydrogens is 434 g/mol. The molecule has 5 nitrogen and oxygen atoms in total. The van der Waals surface area contributed by atoms with Crippen LogP contribution in [0.1, 0.15) is 28.4 Å². The van der Waals surface area contributed by atoms with Crippen LogP contribution in [-0.4, -0.2) is 48.6 Å². The van der Waals surface area contributed by atoms with E-state index < -0.39 is 12.3 Å². The van der Waals surface area contributed by atoms with Crippen LogP contribution in [-0.2, 0) is 11.3 Å². The van der Waals surface area contributed by atoms with Crippen molar-refractivity contribution in [1.29, 1.82) is 0 Å². The molecule has 1 atom stereocenters. The highest BCUT2D eigenvalue weighted by Gasteiger charge is 2.43. The van der Waals surface area contributed by atoms with Crippen molar-refractivity contribution in [2.45, 2.75) is 37.7 Å². The Morgan fingerprint density at radius 3 is 2.81 bits per heavy atom. The molecule has 0 aliphatic carbocycles. The van der Waals surface area contributed by atoms with Gasteiger partial charge in [-0.1, -0.05) is 19.1 Å². The zero-order valence-corrected chi connectivity index (χ0v) is 17.9. The van der Waals surface area contributed by atoms with E-state index in [4.69, 9.17) is 4.74 Å². The number of nitrogens with zero attached hydrogens (tertiary/aromatic N) is 2. The SMILES string of the molecule is CCSc1nc(N2CCOC(C(F)(F)F)C2)cc(C)c1C(=O)NCc1cccc(F)c1. The second-order valence-corrected chi connectivity index (χ2v) is 8.32. The Kier molecular flexibility index (Phi) is 7.42. The van der Waals surface area contributed by atoms with Gasteiger partial charge in [-0.05, 0) is 42.0 Å². The first-order chi connectivity index (χ1) is 14.7. The van der Waals surface area contributed by atoms with Crippen LogP contribution < -0.4 is 10.2 Å². The van der Waals surface area contributed by atoms with E-state index in [1.807, 2.05) is 6.92 Å². The van der Waals surface area contributed by atoms with Gasteiger partial charge in [0.1, 0.15) is 16.7 Å². The maximum Gasteiger partial charge on any atom is 0.416 e. The molecule has 1 aliphatic rings. The summed E-state index contributed by atoms with van der Waals surface area (Å²) in [6, 6.07) is 7.55. The number of rotatable bonds is 6. The van der Waals surface area contributed by atoms with E-state index in [0.29, 0.717) is 33.3 Å². The number of halogens is 4. The van der Waals surface area contributed by atoms with Crippen LogP contribution in [0.2, 0.25) is 0 Å². The smallest absolute Gasteiger partial charge is 0.365 e. The molecule has 1 amide bonds. The number of carbonyl (C=O) groups is 1. The number of ether oxygens (including phenoxy) is 1. The van der Waals surface area contributed by atoms with Gasteiger partial charge in [0, 0.05) is 13.1 Å². The van der Waals surface area contributed by atoms with Gasteiger partial charge in [0.05, 0.1) is 18.7 Å². The lowest BCUT2D eigenvalue weighted by atomic mass is 10.1. The van der Waals surface area contributed by atoms with Crippen LogP contribution in [0.3, 0.4) is 0 Å². The van der Waals surface area contributed by atoms with Crippen molar-refractivity contribution in [3.05, 3.63) is 52.8 Å². The molecule has 1 fully saturated rings. The molecule has 168 valence electrons. The van der Waals surface area contributed by atoms with Gasteiger partial charge >= 0.3 is 6.18 Å². The molecule has 10 heteroatoms. The average molecular weight is 457 g/mol. The van der Waals surface area contributed by atoms with E-state index >= 15 is 0 Å². The Hall–Kier alpha value is -2.33. The Morgan fingerprint density at radius 1 is 1.35 bits per heavy atom. The van der Waals surface area contributed by atoms with Gasteiger partial charge in [-0.2, -0.15) is 13.2 Å². The molecule has 1 aromatic heterocycles. The third-order valence-corrected chi connectivity index (χ3v) is 5.63. The van der Waals surface area contributed by atoms with Crippen molar-refractivity contribution < 1.29 is 27.1 Å². The number of nitrogens with one attached hydrogen (secondary N) is 1. The summed E-state index contributed by atoms with van der Waals surface area (Å²) in [6.45, 7) is 3.64. The predicted octanol–water partition coefficient (Wildman–Crippen LogP) is 4.34. The maximum absolute atomic E-state index is 13.4. The number of amides is 1. The van der Waals surface area contributed by atoms with Gasteiger partial charge in [-0.3, -0.25) is 4.79 Å². The van der Waals surface area contributed by atoms with Gasteiger partial charge in [-0.25, -0.2) is 9.37 Å². The maximum atomic E-state index is 13.4. The van der Waals surface area contributed by atoms with E-state index in [1.165, 1.54) is 28.8 Å². The standard InChI is InChI=1S/C21H23F4N3O2S/c1-3-31-20-18(19(29)26-11-14-5-4-6-15(22)10-14)13(2)9-17(27-20)28-7-8-30-16(12-28)21(23,24)25/h4-6,9-10,16H,3,7-8,11-12H2,1-2H3,(H,26,29). The van der Waals surface area contributed by atoms with Crippen LogP contribution in [0.5, 0.6) is 0 Å². The molecule has 3 rings (SSSR count). The molecule has 0 saturated carbocycles. The van der Waals surface area contributed by atoms with Crippen LogP contribution >= 0.6 is 11.8 Å². The van der Waals surface area contributed by atoms with Crippen LogP contribution in [0.4, 0.5) is 23.4 Å². The predicted molar refractivity (Wildman–Crippen MR) is 111 cm³/mol. The summed E-state index contributed by atoms with van der Waals surface area (Å²) >= 11 is 1.34. The first-order valence-corrected chi connectivity index (χ1v) is 10.8. The van der Waals surface area contributed by atoms with Crippen molar-refractivity contribution >= 4 is 23.5 Å². The van der Waals surface area contributed by atoms with E-state index in [-0.39, 0.29) is 38.0 Å². The van der Waals surface area contributed by atoms with E-state index in [2.05, 4.69) is 10.3 Å². The van der Waals surface area contributed by atoms with Crippen LogP contribution in [0.15, 0.2) is 35.4 Å². The molecule has 2 heterocycles. The molecule has 0 spiro atoms. The number of hydrogen-bond acceptors (Lipinski definition) is 5. The Labute approximate surface area is 182 Å². The molecule has 2 aromatic rings. The molecule has 1 N–H and O–H groups in total. The number of hydrogen-bond donors (Lipinski definition) is 1. The monoisotopic (exact) mass is 457 g/mol. The molecule has 1 saturated heterocycles. The van der Waals surface area contributed by atoms with Gasteiger partial charge in [0.2, 0.25) is 0 Å². The van der Waals surface area contributed by atoms with Crippen LogP contribution in [0, 0.1) is 12.7 Å². The lowest BCUT2D eigenvalue weighted by molar-refractivity contribution is -0.221. The summed E-state index contributed by atoms with van der Waals surface area (Å²) in [7, 11) is 0. The number of alkyl halides is 3. The van der Waals surface area contributed by atoms with Crippen molar-refractivity contribution in [3.63, 3.8) is 0 Å². The summed E-state index contributed by atoms with van der Waals surface area (Å²) in [5, 5.41) is 3.22.